The monoisotopic (exact) mass is 560 g/mol. The third-order valence-corrected chi connectivity index (χ3v) is 6.10. The molecule has 2 aromatic carbocycles. The maximum atomic E-state index is 12.7. The molecule has 1 heterocycles. The molecule has 0 atom stereocenters. The van der Waals surface area contributed by atoms with E-state index < -0.39 is 17.1 Å². The van der Waals surface area contributed by atoms with E-state index in [1.165, 1.54) is 6.08 Å². The standard InChI is InChI=1S/C27H27F3N4O4S/c1-5-36-23-14-18(13-19(15-31)24(35)32-26-34-33-25(39-26)27(28,29)30)7-9-21(23)37-10-11-38-22-12-17(4)6-8-20(22)16(2)3/h6-9,12-14,16H,5,10-11H2,1-4H3,(H,32,34,35)/b19-13-. The summed E-state index contributed by atoms with van der Waals surface area (Å²) in [5.41, 5.74) is 2.30. The van der Waals surface area contributed by atoms with Crippen LogP contribution >= 0.6 is 11.3 Å². The quantitative estimate of drug-likeness (QED) is 0.165. The Labute approximate surface area is 228 Å². The molecule has 1 amide bonds. The summed E-state index contributed by atoms with van der Waals surface area (Å²) in [7, 11) is 0. The van der Waals surface area contributed by atoms with E-state index in [4.69, 9.17) is 14.2 Å². The van der Waals surface area contributed by atoms with Gasteiger partial charge in [-0.1, -0.05) is 43.4 Å². The topological polar surface area (TPSA) is 106 Å². The van der Waals surface area contributed by atoms with Gasteiger partial charge < -0.3 is 14.2 Å². The highest BCUT2D eigenvalue weighted by atomic mass is 32.1. The average molecular weight is 561 g/mol. The largest absolute Gasteiger partial charge is 0.490 e. The number of alkyl halides is 3. The zero-order chi connectivity index (χ0) is 28.6. The fourth-order valence-corrected chi connectivity index (χ4v) is 4.02. The molecule has 0 bridgehead atoms. The summed E-state index contributed by atoms with van der Waals surface area (Å²) in [6, 6.07) is 12.7. The molecular formula is C27H27F3N4O4S. The van der Waals surface area contributed by atoms with E-state index in [0.29, 0.717) is 36.2 Å². The van der Waals surface area contributed by atoms with Crippen LogP contribution in [0.3, 0.4) is 0 Å². The summed E-state index contributed by atoms with van der Waals surface area (Å²) in [4.78, 5) is 12.4. The third kappa shape index (κ3) is 8.19. The van der Waals surface area contributed by atoms with Crippen LogP contribution in [0.1, 0.15) is 48.4 Å². The van der Waals surface area contributed by atoms with E-state index in [-0.39, 0.29) is 28.6 Å². The Morgan fingerprint density at radius 3 is 2.41 bits per heavy atom. The molecule has 0 saturated carbocycles. The van der Waals surface area contributed by atoms with Gasteiger partial charge in [0.25, 0.3) is 5.91 Å². The van der Waals surface area contributed by atoms with Crippen LogP contribution in [-0.4, -0.2) is 35.9 Å². The highest BCUT2D eigenvalue weighted by Crippen LogP contribution is 2.33. The summed E-state index contributed by atoms with van der Waals surface area (Å²) < 4.78 is 55.7. The average Bonchev–Trinajstić information content (AvgIpc) is 3.35. The number of hydrogen-bond donors (Lipinski definition) is 1. The molecule has 0 spiro atoms. The van der Waals surface area contributed by atoms with Crippen molar-refractivity contribution >= 4 is 28.5 Å². The fraction of sp³-hybridized carbons (Fsp3) is 0.333. The van der Waals surface area contributed by atoms with Crippen LogP contribution in [0.4, 0.5) is 18.3 Å². The molecule has 0 saturated heterocycles. The normalized spacial score (nSPS) is 11.7. The zero-order valence-corrected chi connectivity index (χ0v) is 22.6. The number of aromatic nitrogens is 2. The first-order valence-corrected chi connectivity index (χ1v) is 12.8. The van der Waals surface area contributed by atoms with E-state index in [1.807, 2.05) is 19.1 Å². The van der Waals surface area contributed by atoms with Crippen molar-refractivity contribution in [1.82, 2.24) is 10.2 Å². The molecule has 1 aromatic heterocycles. The molecule has 12 heteroatoms. The van der Waals surface area contributed by atoms with E-state index in [0.717, 1.165) is 16.9 Å². The molecule has 0 aliphatic heterocycles. The van der Waals surface area contributed by atoms with Gasteiger partial charge in [-0.15, -0.1) is 10.2 Å². The Bertz CT molecular complexity index is 1380. The fourth-order valence-electron chi connectivity index (χ4n) is 3.42. The highest BCUT2D eigenvalue weighted by molar-refractivity contribution is 7.15. The van der Waals surface area contributed by atoms with Gasteiger partial charge in [-0.25, -0.2) is 0 Å². The van der Waals surface area contributed by atoms with E-state index >= 15 is 0 Å². The Hall–Kier alpha value is -4.11. The number of nitriles is 1. The number of ether oxygens (including phenoxy) is 3. The van der Waals surface area contributed by atoms with Gasteiger partial charge in [0.15, 0.2) is 11.5 Å². The first-order valence-electron chi connectivity index (χ1n) is 12.0. The number of carbonyl (C=O) groups is 1. The minimum Gasteiger partial charge on any atom is -0.490 e. The lowest BCUT2D eigenvalue weighted by Gasteiger charge is -2.16. The van der Waals surface area contributed by atoms with Crippen molar-refractivity contribution < 1.29 is 32.2 Å². The number of nitrogens with zero attached hydrogens (tertiary/aromatic N) is 3. The van der Waals surface area contributed by atoms with Crippen molar-refractivity contribution in [2.45, 2.75) is 39.8 Å². The number of anilines is 1. The number of nitrogens with one attached hydrogen (secondary N) is 1. The maximum absolute atomic E-state index is 12.7. The zero-order valence-electron chi connectivity index (χ0n) is 21.8. The van der Waals surface area contributed by atoms with Crippen molar-refractivity contribution in [1.29, 1.82) is 5.26 Å². The minimum absolute atomic E-state index is 0.161. The van der Waals surface area contributed by atoms with Gasteiger partial charge in [0.05, 0.1) is 6.61 Å². The number of hydrogen-bond acceptors (Lipinski definition) is 8. The van der Waals surface area contributed by atoms with Crippen LogP contribution in [0.5, 0.6) is 17.2 Å². The van der Waals surface area contributed by atoms with Crippen LogP contribution in [-0.2, 0) is 11.0 Å². The summed E-state index contributed by atoms with van der Waals surface area (Å²) in [5, 5.41) is 16.3. The van der Waals surface area contributed by atoms with Crippen molar-refractivity contribution in [3.8, 4) is 23.3 Å². The Morgan fingerprint density at radius 1 is 1.08 bits per heavy atom. The van der Waals surface area contributed by atoms with Crippen molar-refractivity contribution in [3.63, 3.8) is 0 Å². The van der Waals surface area contributed by atoms with Crippen molar-refractivity contribution in [2.24, 2.45) is 0 Å². The number of halogens is 3. The number of aryl methyl sites for hydroxylation is 1. The second-order valence-corrected chi connectivity index (χ2v) is 9.54. The summed E-state index contributed by atoms with van der Waals surface area (Å²) in [6.07, 6.45) is -3.40. The van der Waals surface area contributed by atoms with Gasteiger partial charge in [0.1, 0.15) is 30.6 Å². The summed E-state index contributed by atoms with van der Waals surface area (Å²) in [5.74, 6) is 1.03. The molecule has 0 fully saturated rings. The first-order chi connectivity index (χ1) is 18.5. The van der Waals surface area contributed by atoms with Crippen LogP contribution in [0.25, 0.3) is 6.08 Å². The van der Waals surface area contributed by atoms with Gasteiger partial charge in [0.2, 0.25) is 10.1 Å². The van der Waals surface area contributed by atoms with Gasteiger partial charge in [-0.05, 0) is 60.7 Å². The predicted octanol–water partition coefficient (Wildman–Crippen LogP) is 6.39. The molecule has 206 valence electrons. The second-order valence-electron chi connectivity index (χ2n) is 8.57. The smallest absolute Gasteiger partial charge is 0.445 e. The van der Waals surface area contributed by atoms with E-state index in [1.54, 1.807) is 31.2 Å². The van der Waals surface area contributed by atoms with Gasteiger partial charge in [0, 0.05) is 0 Å². The lowest BCUT2D eigenvalue weighted by Crippen LogP contribution is -2.13. The lowest BCUT2D eigenvalue weighted by atomic mass is 10.0. The van der Waals surface area contributed by atoms with Crippen LogP contribution in [0.15, 0.2) is 42.0 Å². The molecule has 0 aliphatic carbocycles. The van der Waals surface area contributed by atoms with E-state index in [2.05, 4.69) is 35.4 Å². The molecule has 0 aliphatic rings. The van der Waals surface area contributed by atoms with E-state index in [9.17, 15) is 23.2 Å². The minimum atomic E-state index is -4.68. The lowest BCUT2D eigenvalue weighted by molar-refractivity contribution is -0.138. The SMILES string of the molecule is CCOc1cc(/C=C(/C#N)C(=O)Nc2nnc(C(F)(F)F)s2)ccc1OCCOc1cc(C)ccc1C(C)C. The van der Waals surface area contributed by atoms with Crippen molar-refractivity contribution in [2.75, 3.05) is 25.1 Å². The predicted molar refractivity (Wildman–Crippen MR) is 141 cm³/mol. The molecular weight excluding hydrogens is 533 g/mol. The molecule has 3 rings (SSSR count). The number of rotatable bonds is 11. The van der Waals surface area contributed by atoms with Gasteiger partial charge in [-0.3, -0.25) is 10.1 Å². The van der Waals surface area contributed by atoms with Crippen LogP contribution < -0.4 is 19.5 Å². The second kappa shape index (κ2) is 13.1. The molecule has 1 N–H and O–H groups in total. The number of benzene rings is 2. The summed E-state index contributed by atoms with van der Waals surface area (Å²) >= 11 is 0.161. The molecule has 8 nitrogen and oxygen atoms in total. The molecule has 0 unspecified atom stereocenters. The van der Waals surface area contributed by atoms with Crippen LogP contribution in [0, 0.1) is 18.3 Å². The highest BCUT2D eigenvalue weighted by Gasteiger charge is 2.36. The Kier molecular flexibility index (Phi) is 9.89. The number of carbonyl (C=O) groups excluding carboxylic acids is 1. The maximum Gasteiger partial charge on any atom is 0.445 e. The van der Waals surface area contributed by atoms with Crippen LogP contribution in [0.2, 0.25) is 0 Å². The number of amides is 1. The molecule has 0 radical (unpaired) electrons. The van der Waals surface area contributed by atoms with Gasteiger partial charge in [-0.2, -0.15) is 18.4 Å². The summed E-state index contributed by atoms with van der Waals surface area (Å²) in [6.45, 7) is 8.88. The first kappa shape index (κ1) is 29.4. The van der Waals surface area contributed by atoms with Gasteiger partial charge >= 0.3 is 6.18 Å². The Morgan fingerprint density at radius 2 is 1.79 bits per heavy atom. The molecule has 39 heavy (non-hydrogen) atoms. The Balaban J connectivity index is 1.68. The molecule has 3 aromatic rings. The third-order valence-electron chi connectivity index (χ3n) is 5.22. The van der Waals surface area contributed by atoms with Crippen molar-refractivity contribution in [3.05, 3.63) is 63.7 Å².